The fourth-order valence-corrected chi connectivity index (χ4v) is 4.33. The number of hydrogen-bond acceptors (Lipinski definition) is 4. The molecule has 138 valence electrons. The minimum absolute atomic E-state index is 0.354. The van der Waals surface area contributed by atoms with Crippen LogP contribution in [0.2, 0.25) is 5.02 Å². The molecule has 1 heterocycles. The van der Waals surface area contributed by atoms with Crippen LogP contribution in [0, 0.1) is 0 Å². The number of benzene rings is 1. The summed E-state index contributed by atoms with van der Waals surface area (Å²) in [6, 6.07) is 6.45. The molecule has 1 aromatic heterocycles. The molecule has 2 aromatic rings. The standard InChI is InChI=1S/C19H21ClN2O3S/c1-2-11-25-18(23)16-14-5-3-4-6-15(14)26-17(16)22-19(24)21-13-9-7-12(20)8-10-13/h7-10H,2-6,11H2,1H3,(H2,21,22,24). The topological polar surface area (TPSA) is 67.4 Å². The number of ether oxygens (including phenoxy) is 1. The average molecular weight is 393 g/mol. The number of fused-ring (bicyclic) bond motifs is 1. The number of amides is 2. The van der Waals surface area contributed by atoms with Crippen molar-refractivity contribution < 1.29 is 14.3 Å². The van der Waals surface area contributed by atoms with Crippen molar-refractivity contribution in [3.63, 3.8) is 0 Å². The maximum absolute atomic E-state index is 12.5. The van der Waals surface area contributed by atoms with Crippen molar-refractivity contribution in [2.75, 3.05) is 17.2 Å². The van der Waals surface area contributed by atoms with Gasteiger partial charge < -0.3 is 10.1 Å². The van der Waals surface area contributed by atoms with E-state index in [1.807, 2.05) is 6.92 Å². The van der Waals surface area contributed by atoms with E-state index in [9.17, 15) is 9.59 Å². The highest BCUT2D eigenvalue weighted by atomic mass is 35.5. The third kappa shape index (κ3) is 4.37. The zero-order valence-electron chi connectivity index (χ0n) is 14.6. The van der Waals surface area contributed by atoms with Gasteiger partial charge in [0.25, 0.3) is 0 Å². The van der Waals surface area contributed by atoms with E-state index in [-0.39, 0.29) is 5.97 Å². The first-order valence-corrected chi connectivity index (χ1v) is 9.93. The monoisotopic (exact) mass is 392 g/mol. The average Bonchev–Trinajstić information content (AvgIpc) is 2.99. The summed E-state index contributed by atoms with van der Waals surface area (Å²) < 4.78 is 5.34. The van der Waals surface area contributed by atoms with Crippen molar-refractivity contribution in [1.82, 2.24) is 0 Å². The van der Waals surface area contributed by atoms with Crippen molar-refractivity contribution in [1.29, 1.82) is 0 Å². The molecule has 2 N–H and O–H groups in total. The lowest BCUT2D eigenvalue weighted by molar-refractivity contribution is 0.0505. The summed E-state index contributed by atoms with van der Waals surface area (Å²) in [6.07, 6.45) is 4.71. The first-order chi connectivity index (χ1) is 12.6. The van der Waals surface area contributed by atoms with Crippen molar-refractivity contribution in [2.24, 2.45) is 0 Å². The van der Waals surface area contributed by atoms with Gasteiger partial charge in [-0.25, -0.2) is 9.59 Å². The maximum Gasteiger partial charge on any atom is 0.341 e. The highest BCUT2D eigenvalue weighted by Gasteiger charge is 2.27. The Bertz CT molecular complexity index is 802. The minimum Gasteiger partial charge on any atom is -0.462 e. The predicted octanol–water partition coefficient (Wildman–Crippen LogP) is 5.49. The predicted molar refractivity (Wildman–Crippen MR) is 106 cm³/mol. The molecule has 1 aliphatic rings. The lowest BCUT2D eigenvalue weighted by atomic mass is 9.95. The van der Waals surface area contributed by atoms with Crippen molar-refractivity contribution in [3.8, 4) is 0 Å². The molecule has 1 aliphatic carbocycles. The molecule has 26 heavy (non-hydrogen) atoms. The molecular weight excluding hydrogens is 372 g/mol. The van der Waals surface area contributed by atoms with Gasteiger partial charge in [-0.05, 0) is 61.9 Å². The second-order valence-electron chi connectivity index (χ2n) is 6.14. The molecule has 0 atom stereocenters. The highest BCUT2D eigenvalue weighted by molar-refractivity contribution is 7.17. The Hall–Kier alpha value is -2.05. The molecule has 0 unspecified atom stereocenters. The van der Waals surface area contributed by atoms with E-state index in [1.54, 1.807) is 24.3 Å². The molecule has 0 spiro atoms. The number of carbonyl (C=O) groups excluding carboxylic acids is 2. The number of aryl methyl sites for hydroxylation is 1. The van der Waals surface area contributed by atoms with E-state index in [1.165, 1.54) is 16.2 Å². The SMILES string of the molecule is CCCOC(=O)c1c(NC(=O)Nc2ccc(Cl)cc2)sc2c1CCCC2. The van der Waals surface area contributed by atoms with Crippen LogP contribution in [0.25, 0.3) is 0 Å². The Labute approximate surface area is 161 Å². The second-order valence-corrected chi connectivity index (χ2v) is 7.68. The van der Waals surface area contributed by atoms with E-state index in [0.717, 1.165) is 37.7 Å². The highest BCUT2D eigenvalue weighted by Crippen LogP contribution is 2.38. The van der Waals surface area contributed by atoms with Crippen LogP contribution >= 0.6 is 22.9 Å². The lowest BCUT2D eigenvalue weighted by Gasteiger charge is -2.12. The summed E-state index contributed by atoms with van der Waals surface area (Å²) in [5, 5.41) is 6.74. The Balaban J connectivity index is 1.79. The van der Waals surface area contributed by atoms with Crippen molar-refractivity contribution in [2.45, 2.75) is 39.0 Å². The number of urea groups is 1. The summed E-state index contributed by atoms with van der Waals surface area (Å²) in [4.78, 5) is 26.1. The number of hydrogen-bond donors (Lipinski definition) is 2. The van der Waals surface area contributed by atoms with Gasteiger partial charge in [-0.2, -0.15) is 0 Å². The molecule has 0 bridgehead atoms. The zero-order chi connectivity index (χ0) is 18.5. The molecule has 0 radical (unpaired) electrons. The van der Waals surface area contributed by atoms with Crippen LogP contribution in [-0.2, 0) is 17.6 Å². The van der Waals surface area contributed by atoms with Crippen LogP contribution in [0.1, 0.15) is 47.0 Å². The smallest absolute Gasteiger partial charge is 0.341 e. The Morgan fingerprint density at radius 3 is 2.62 bits per heavy atom. The molecular formula is C19H21ClN2O3S. The van der Waals surface area contributed by atoms with Gasteiger partial charge in [0.1, 0.15) is 5.00 Å². The van der Waals surface area contributed by atoms with Gasteiger partial charge in [-0.1, -0.05) is 18.5 Å². The lowest BCUT2D eigenvalue weighted by Crippen LogP contribution is -2.21. The van der Waals surface area contributed by atoms with E-state index in [2.05, 4.69) is 10.6 Å². The number of carbonyl (C=O) groups is 2. The second kappa shape index (κ2) is 8.56. The molecule has 1 aromatic carbocycles. The van der Waals surface area contributed by atoms with Crippen molar-refractivity contribution in [3.05, 3.63) is 45.3 Å². The first kappa shape index (κ1) is 18.7. The molecule has 7 heteroatoms. The maximum atomic E-state index is 12.5. The van der Waals surface area contributed by atoms with E-state index < -0.39 is 6.03 Å². The first-order valence-electron chi connectivity index (χ1n) is 8.73. The fourth-order valence-electron chi connectivity index (χ4n) is 2.94. The van der Waals surface area contributed by atoms with Gasteiger partial charge in [0.15, 0.2) is 0 Å². The van der Waals surface area contributed by atoms with Crippen LogP contribution in [0.15, 0.2) is 24.3 Å². The third-order valence-electron chi connectivity index (χ3n) is 4.14. The summed E-state index contributed by atoms with van der Waals surface area (Å²) >= 11 is 7.33. The quantitative estimate of drug-likeness (QED) is 0.661. The third-order valence-corrected chi connectivity index (χ3v) is 5.60. The number of esters is 1. The number of rotatable bonds is 5. The van der Waals surface area contributed by atoms with Crippen LogP contribution in [0.5, 0.6) is 0 Å². The summed E-state index contributed by atoms with van der Waals surface area (Å²) in [5.74, 6) is -0.354. The molecule has 5 nitrogen and oxygen atoms in total. The number of nitrogens with one attached hydrogen (secondary N) is 2. The normalized spacial score (nSPS) is 13.0. The van der Waals surface area contributed by atoms with Gasteiger partial charge in [-0.3, -0.25) is 5.32 Å². The number of anilines is 2. The molecule has 0 saturated carbocycles. The van der Waals surface area contributed by atoms with Gasteiger partial charge in [0.05, 0.1) is 12.2 Å². The summed E-state index contributed by atoms with van der Waals surface area (Å²) in [7, 11) is 0. The van der Waals surface area contributed by atoms with E-state index in [4.69, 9.17) is 16.3 Å². The zero-order valence-corrected chi connectivity index (χ0v) is 16.1. The Morgan fingerprint density at radius 2 is 1.88 bits per heavy atom. The summed E-state index contributed by atoms with van der Waals surface area (Å²) in [6.45, 7) is 2.33. The largest absolute Gasteiger partial charge is 0.462 e. The van der Waals surface area contributed by atoms with Crippen LogP contribution in [0.3, 0.4) is 0 Å². The van der Waals surface area contributed by atoms with Gasteiger partial charge in [0, 0.05) is 15.6 Å². The number of halogens is 1. The molecule has 3 rings (SSSR count). The Morgan fingerprint density at radius 1 is 1.15 bits per heavy atom. The summed E-state index contributed by atoms with van der Waals surface area (Å²) in [5.41, 5.74) is 2.18. The molecule has 2 amide bonds. The van der Waals surface area contributed by atoms with Gasteiger partial charge in [-0.15, -0.1) is 11.3 Å². The van der Waals surface area contributed by atoms with E-state index in [0.29, 0.717) is 27.9 Å². The fraction of sp³-hybridized carbons (Fsp3) is 0.368. The minimum atomic E-state index is -0.393. The van der Waals surface area contributed by atoms with E-state index >= 15 is 0 Å². The van der Waals surface area contributed by atoms with Crippen LogP contribution in [0.4, 0.5) is 15.5 Å². The van der Waals surface area contributed by atoms with Crippen LogP contribution in [-0.4, -0.2) is 18.6 Å². The molecule has 0 aliphatic heterocycles. The Kier molecular flexibility index (Phi) is 6.16. The molecule has 0 saturated heterocycles. The van der Waals surface area contributed by atoms with Gasteiger partial charge >= 0.3 is 12.0 Å². The number of thiophene rings is 1. The van der Waals surface area contributed by atoms with Crippen LogP contribution < -0.4 is 10.6 Å². The van der Waals surface area contributed by atoms with Crippen molar-refractivity contribution >= 4 is 45.6 Å². The molecule has 0 fully saturated rings. The van der Waals surface area contributed by atoms with Gasteiger partial charge in [0.2, 0.25) is 0 Å².